The largest absolute Gasteiger partial charge is 0.394 e. The molecule has 0 aliphatic rings. The lowest BCUT2D eigenvalue weighted by molar-refractivity contribution is -0.122. The minimum absolute atomic E-state index is 0.00308. The highest BCUT2D eigenvalue weighted by Crippen LogP contribution is 2.06. The summed E-state index contributed by atoms with van der Waals surface area (Å²) in [6.07, 6.45) is 1.20. The van der Waals surface area contributed by atoms with Gasteiger partial charge in [0.05, 0.1) is 12.6 Å². The molecule has 1 aromatic carbocycles. The quantitative estimate of drug-likeness (QED) is 0.810. The summed E-state index contributed by atoms with van der Waals surface area (Å²) in [6, 6.07) is 8.06. The molecule has 0 saturated heterocycles. The van der Waals surface area contributed by atoms with Crippen molar-refractivity contribution >= 4 is 5.91 Å². The third-order valence-corrected chi connectivity index (χ3v) is 3.11. The van der Waals surface area contributed by atoms with Gasteiger partial charge < -0.3 is 10.4 Å². The van der Waals surface area contributed by atoms with Gasteiger partial charge in [0.1, 0.15) is 0 Å². The maximum absolute atomic E-state index is 11.7. The Kier molecular flexibility index (Phi) is 5.86. The standard InChI is InChI=1S/C15H23NO2/c1-11(2)14(10-17)16-15(18)9-8-13-6-4-12(3)5-7-13/h4-7,11,14,17H,8-10H2,1-3H3,(H,16,18)/t14-/m1/s1. The highest BCUT2D eigenvalue weighted by molar-refractivity contribution is 5.76. The Bertz CT molecular complexity index is 371. The fraction of sp³-hybridized carbons (Fsp3) is 0.533. The summed E-state index contributed by atoms with van der Waals surface area (Å²) >= 11 is 0. The van der Waals surface area contributed by atoms with Crippen molar-refractivity contribution in [2.75, 3.05) is 6.61 Å². The van der Waals surface area contributed by atoms with Gasteiger partial charge in [0.15, 0.2) is 0 Å². The van der Waals surface area contributed by atoms with E-state index in [2.05, 4.69) is 29.6 Å². The SMILES string of the molecule is Cc1ccc(CCC(=O)N[C@H](CO)C(C)C)cc1. The van der Waals surface area contributed by atoms with Crippen LogP contribution >= 0.6 is 0 Å². The summed E-state index contributed by atoms with van der Waals surface area (Å²) in [5.41, 5.74) is 2.39. The number of aryl methyl sites for hydroxylation is 2. The molecule has 1 aromatic rings. The van der Waals surface area contributed by atoms with Crippen molar-refractivity contribution in [3.05, 3.63) is 35.4 Å². The van der Waals surface area contributed by atoms with E-state index in [4.69, 9.17) is 5.11 Å². The molecule has 3 nitrogen and oxygen atoms in total. The van der Waals surface area contributed by atoms with E-state index < -0.39 is 0 Å². The second kappa shape index (κ2) is 7.17. The molecule has 0 unspecified atom stereocenters. The first-order valence-corrected chi connectivity index (χ1v) is 6.48. The molecular weight excluding hydrogens is 226 g/mol. The van der Waals surface area contributed by atoms with Gasteiger partial charge in [0.2, 0.25) is 5.91 Å². The van der Waals surface area contributed by atoms with E-state index in [-0.39, 0.29) is 24.5 Å². The van der Waals surface area contributed by atoms with Crippen LogP contribution in [-0.4, -0.2) is 23.7 Å². The summed E-state index contributed by atoms with van der Waals surface area (Å²) in [5.74, 6) is 0.252. The van der Waals surface area contributed by atoms with Crippen molar-refractivity contribution in [2.24, 2.45) is 5.92 Å². The van der Waals surface area contributed by atoms with Crippen LogP contribution < -0.4 is 5.32 Å². The molecule has 1 atom stereocenters. The Morgan fingerprint density at radius 1 is 1.28 bits per heavy atom. The number of hydrogen-bond donors (Lipinski definition) is 2. The molecule has 0 bridgehead atoms. The summed E-state index contributed by atoms with van der Waals surface area (Å²) in [6.45, 7) is 6.02. The Morgan fingerprint density at radius 2 is 1.89 bits per heavy atom. The highest BCUT2D eigenvalue weighted by atomic mass is 16.3. The molecule has 0 heterocycles. The van der Waals surface area contributed by atoms with Gasteiger partial charge in [-0.2, -0.15) is 0 Å². The Morgan fingerprint density at radius 3 is 2.39 bits per heavy atom. The topological polar surface area (TPSA) is 49.3 Å². The van der Waals surface area contributed by atoms with Crippen molar-refractivity contribution in [2.45, 2.75) is 39.7 Å². The molecule has 0 fully saturated rings. The number of aliphatic hydroxyl groups is 1. The van der Waals surface area contributed by atoms with Crippen molar-refractivity contribution in [3.8, 4) is 0 Å². The van der Waals surface area contributed by atoms with Crippen LogP contribution in [0.2, 0.25) is 0 Å². The van der Waals surface area contributed by atoms with Gasteiger partial charge in [-0.15, -0.1) is 0 Å². The minimum atomic E-state index is -0.143. The molecule has 1 amide bonds. The lowest BCUT2D eigenvalue weighted by Crippen LogP contribution is -2.41. The van der Waals surface area contributed by atoms with Crippen LogP contribution in [-0.2, 0) is 11.2 Å². The monoisotopic (exact) mass is 249 g/mol. The third-order valence-electron chi connectivity index (χ3n) is 3.11. The number of amides is 1. The minimum Gasteiger partial charge on any atom is -0.394 e. The van der Waals surface area contributed by atoms with E-state index in [9.17, 15) is 4.79 Å². The molecule has 0 spiro atoms. The number of benzene rings is 1. The molecule has 18 heavy (non-hydrogen) atoms. The Balaban J connectivity index is 2.39. The molecule has 0 saturated carbocycles. The molecule has 0 aliphatic heterocycles. The maximum atomic E-state index is 11.7. The van der Waals surface area contributed by atoms with Crippen molar-refractivity contribution in [3.63, 3.8) is 0 Å². The van der Waals surface area contributed by atoms with E-state index in [0.29, 0.717) is 6.42 Å². The predicted octanol–water partition coefficient (Wildman–Crippen LogP) is 2.06. The molecule has 0 radical (unpaired) electrons. The Labute approximate surface area is 109 Å². The van der Waals surface area contributed by atoms with E-state index >= 15 is 0 Å². The molecule has 0 aromatic heterocycles. The second-order valence-electron chi connectivity index (χ2n) is 5.09. The molecule has 3 heteroatoms. The average molecular weight is 249 g/mol. The fourth-order valence-corrected chi connectivity index (χ4v) is 1.71. The van der Waals surface area contributed by atoms with Gasteiger partial charge in [-0.05, 0) is 24.8 Å². The van der Waals surface area contributed by atoms with Crippen LogP contribution in [0.25, 0.3) is 0 Å². The van der Waals surface area contributed by atoms with Crippen LogP contribution in [0.15, 0.2) is 24.3 Å². The van der Waals surface area contributed by atoms with Gasteiger partial charge in [-0.1, -0.05) is 43.7 Å². The summed E-state index contributed by atoms with van der Waals surface area (Å²) in [7, 11) is 0. The zero-order valence-electron chi connectivity index (χ0n) is 11.4. The smallest absolute Gasteiger partial charge is 0.220 e. The summed E-state index contributed by atoms with van der Waals surface area (Å²) < 4.78 is 0. The van der Waals surface area contributed by atoms with Gasteiger partial charge in [0.25, 0.3) is 0 Å². The van der Waals surface area contributed by atoms with Crippen LogP contribution in [0, 0.1) is 12.8 Å². The first kappa shape index (κ1) is 14.7. The van der Waals surface area contributed by atoms with Gasteiger partial charge >= 0.3 is 0 Å². The number of carbonyl (C=O) groups is 1. The molecule has 0 aliphatic carbocycles. The first-order chi connectivity index (χ1) is 8.52. The van der Waals surface area contributed by atoms with Crippen LogP contribution in [0.5, 0.6) is 0 Å². The van der Waals surface area contributed by atoms with E-state index in [0.717, 1.165) is 6.42 Å². The molecule has 1 rings (SSSR count). The number of hydrogen-bond acceptors (Lipinski definition) is 2. The van der Waals surface area contributed by atoms with Gasteiger partial charge in [0, 0.05) is 6.42 Å². The van der Waals surface area contributed by atoms with Crippen LogP contribution in [0.4, 0.5) is 0 Å². The Hall–Kier alpha value is -1.35. The molecular formula is C15H23NO2. The second-order valence-corrected chi connectivity index (χ2v) is 5.09. The van der Waals surface area contributed by atoms with E-state index in [1.165, 1.54) is 11.1 Å². The lowest BCUT2D eigenvalue weighted by Gasteiger charge is -2.19. The molecule has 2 N–H and O–H groups in total. The van der Waals surface area contributed by atoms with Crippen molar-refractivity contribution < 1.29 is 9.90 Å². The number of carbonyl (C=O) groups excluding carboxylic acids is 1. The van der Waals surface area contributed by atoms with Gasteiger partial charge in [-0.3, -0.25) is 4.79 Å². The first-order valence-electron chi connectivity index (χ1n) is 6.48. The third kappa shape index (κ3) is 4.88. The predicted molar refractivity (Wildman–Crippen MR) is 73.4 cm³/mol. The number of aliphatic hydroxyl groups excluding tert-OH is 1. The highest BCUT2D eigenvalue weighted by Gasteiger charge is 2.14. The van der Waals surface area contributed by atoms with Gasteiger partial charge in [-0.25, -0.2) is 0 Å². The summed E-state index contributed by atoms with van der Waals surface area (Å²) in [5, 5.41) is 12.0. The van der Waals surface area contributed by atoms with Crippen molar-refractivity contribution in [1.82, 2.24) is 5.32 Å². The van der Waals surface area contributed by atoms with Crippen LogP contribution in [0.1, 0.15) is 31.4 Å². The van der Waals surface area contributed by atoms with Crippen molar-refractivity contribution in [1.29, 1.82) is 0 Å². The number of rotatable bonds is 6. The normalized spacial score (nSPS) is 12.5. The zero-order chi connectivity index (χ0) is 13.5. The lowest BCUT2D eigenvalue weighted by atomic mass is 10.0. The number of nitrogens with one attached hydrogen (secondary N) is 1. The molecule has 100 valence electrons. The van der Waals surface area contributed by atoms with E-state index in [1.807, 2.05) is 20.8 Å². The maximum Gasteiger partial charge on any atom is 0.220 e. The fourth-order valence-electron chi connectivity index (χ4n) is 1.71. The summed E-state index contributed by atoms with van der Waals surface area (Å²) in [4.78, 5) is 11.7. The van der Waals surface area contributed by atoms with Crippen LogP contribution in [0.3, 0.4) is 0 Å². The zero-order valence-corrected chi connectivity index (χ0v) is 11.4. The average Bonchev–Trinajstić information content (AvgIpc) is 2.35. The van der Waals surface area contributed by atoms with E-state index in [1.54, 1.807) is 0 Å².